The van der Waals surface area contributed by atoms with Gasteiger partial charge in [-0.2, -0.15) is 0 Å². The normalized spacial score (nSPS) is 21.9. The molecule has 0 bridgehead atoms. The van der Waals surface area contributed by atoms with Crippen molar-refractivity contribution in [1.82, 2.24) is 5.32 Å². The summed E-state index contributed by atoms with van der Waals surface area (Å²) >= 11 is 0. The van der Waals surface area contributed by atoms with E-state index < -0.39 is 10.0 Å². The van der Waals surface area contributed by atoms with Gasteiger partial charge in [0.2, 0.25) is 10.0 Å². The third-order valence-corrected chi connectivity index (χ3v) is 5.57. The molecule has 2 aromatic carbocycles. The number of hydrogen-bond donors (Lipinski definition) is 2. The van der Waals surface area contributed by atoms with E-state index in [1.54, 1.807) is 12.1 Å². The molecule has 122 valence electrons. The standard InChI is InChI=1S/C18H22N2O2S/c1-12-11-15-5-3-4-6-17(15)18(12)20-13(2)14-7-9-16(10-8-14)23(19,21)22/h3-10,12-13,18,20H,11H2,1-2H3,(H2,19,21,22)/t12-,13-,18-/m0/s1. The first-order valence-electron chi connectivity index (χ1n) is 7.83. The maximum absolute atomic E-state index is 11.3. The molecule has 2 aromatic rings. The molecule has 0 fully saturated rings. The van der Waals surface area contributed by atoms with Crippen molar-refractivity contribution in [3.05, 3.63) is 65.2 Å². The van der Waals surface area contributed by atoms with Gasteiger partial charge in [-0.3, -0.25) is 0 Å². The van der Waals surface area contributed by atoms with Crippen molar-refractivity contribution in [3.8, 4) is 0 Å². The Hall–Kier alpha value is -1.69. The summed E-state index contributed by atoms with van der Waals surface area (Å²) in [6.07, 6.45) is 1.09. The lowest BCUT2D eigenvalue weighted by Gasteiger charge is -2.24. The number of rotatable bonds is 4. The van der Waals surface area contributed by atoms with Gasteiger partial charge >= 0.3 is 0 Å². The largest absolute Gasteiger partial charge is 0.303 e. The van der Waals surface area contributed by atoms with E-state index in [-0.39, 0.29) is 10.9 Å². The second kappa shape index (κ2) is 6.07. The molecule has 0 unspecified atom stereocenters. The highest BCUT2D eigenvalue weighted by atomic mass is 32.2. The van der Waals surface area contributed by atoms with Crippen LogP contribution in [-0.2, 0) is 16.4 Å². The molecule has 0 spiro atoms. The highest BCUT2D eigenvalue weighted by molar-refractivity contribution is 7.89. The van der Waals surface area contributed by atoms with Crippen molar-refractivity contribution in [2.24, 2.45) is 11.1 Å². The molecule has 0 saturated carbocycles. The van der Waals surface area contributed by atoms with Crippen molar-refractivity contribution < 1.29 is 8.42 Å². The third-order valence-electron chi connectivity index (χ3n) is 4.64. The Balaban J connectivity index is 1.78. The topological polar surface area (TPSA) is 72.2 Å². The molecule has 1 aliphatic rings. The first-order valence-corrected chi connectivity index (χ1v) is 9.37. The van der Waals surface area contributed by atoms with Crippen LogP contribution in [0, 0.1) is 5.92 Å². The molecule has 5 heteroatoms. The van der Waals surface area contributed by atoms with E-state index in [1.807, 2.05) is 12.1 Å². The Morgan fingerprint density at radius 2 is 1.78 bits per heavy atom. The quantitative estimate of drug-likeness (QED) is 0.905. The summed E-state index contributed by atoms with van der Waals surface area (Å²) in [6, 6.07) is 15.8. The molecule has 0 aromatic heterocycles. The number of sulfonamides is 1. The van der Waals surface area contributed by atoms with Crippen molar-refractivity contribution in [1.29, 1.82) is 0 Å². The van der Waals surface area contributed by atoms with Gasteiger partial charge in [0.15, 0.2) is 0 Å². The van der Waals surface area contributed by atoms with Gasteiger partial charge in [0.1, 0.15) is 0 Å². The minimum Gasteiger partial charge on any atom is -0.303 e. The molecule has 3 N–H and O–H groups in total. The molecule has 0 aliphatic heterocycles. The highest BCUT2D eigenvalue weighted by Crippen LogP contribution is 2.37. The summed E-state index contributed by atoms with van der Waals surface area (Å²) in [5.41, 5.74) is 3.83. The Morgan fingerprint density at radius 1 is 1.13 bits per heavy atom. The van der Waals surface area contributed by atoms with Gasteiger partial charge in [-0.15, -0.1) is 0 Å². The van der Waals surface area contributed by atoms with Crippen molar-refractivity contribution in [2.45, 2.75) is 37.2 Å². The number of nitrogens with one attached hydrogen (secondary N) is 1. The average Bonchev–Trinajstić information content (AvgIpc) is 2.82. The van der Waals surface area contributed by atoms with Crippen LogP contribution in [0.15, 0.2) is 53.4 Å². The van der Waals surface area contributed by atoms with Crippen LogP contribution in [0.2, 0.25) is 0 Å². The van der Waals surface area contributed by atoms with Gasteiger partial charge in [0.05, 0.1) is 4.90 Å². The molecule has 0 saturated heterocycles. The molecule has 0 radical (unpaired) electrons. The van der Waals surface area contributed by atoms with Crippen LogP contribution in [0.1, 0.15) is 42.6 Å². The summed E-state index contributed by atoms with van der Waals surface area (Å²) in [5, 5.41) is 8.82. The van der Waals surface area contributed by atoms with Crippen LogP contribution in [0.5, 0.6) is 0 Å². The molecular formula is C18H22N2O2S. The van der Waals surface area contributed by atoms with Gasteiger partial charge in [-0.1, -0.05) is 43.3 Å². The van der Waals surface area contributed by atoms with Crippen LogP contribution >= 0.6 is 0 Å². The van der Waals surface area contributed by atoms with E-state index in [9.17, 15) is 8.42 Å². The van der Waals surface area contributed by atoms with Crippen LogP contribution in [0.3, 0.4) is 0 Å². The van der Waals surface area contributed by atoms with Gasteiger partial charge in [-0.25, -0.2) is 13.6 Å². The van der Waals surface area contributed by atoms with Crippen molar-refractivity contribution >= 4 is 10.0 Å². The number of hydrogen-bond acceptors (Lipinski definition) is 3. The molecule has 4 nitrogen and oxygen atoms in total. The van der Waals surface area contributed by atoms with Crippen LogP contribution in [0.4, 0.5) is 0 Å². The minimum absolute atomic E-state index is 0.128. The zero-order valence-corrected chi connectivity index (χ0v) is 14.2. The lowest BCUT2D eigenvalue weighted by atomic mass is 10.00. The Labute approximate surface area is 137 Å². The maximum Gasteiger partial charge on any atom is 0.238 e. The maximum atomic E-state index is 11.3. The predicted molar refractivity (Wildman–Crippen MR) is 91.4 cm³/mol. The molecular weight excluding hydrogens is 308 g/mol. The first-order chi connectivity index (χ1) is 10.9. The third kappa shape index (κ3) is 3.32. The summed E-state index contributed by atoms with van der Waals surface area (Å²) < 4.78 is 22.7. The zero-order valence-electron chi connectivity index (χ0n) is 13.4. The predicted octanol–water partition coefficient (Wildman–Crippen LogP) is 2.92. The van der Waals surface area contributed by atoms with Crippen molar-refractivity contribution in [3.63, 3.8) is 0 Å². The van der Waals surface area contributed by atoms with Crippen molar-refractivity contribution in [2.75, 3.05) is 0 Å². The second-order valence-corrected chi connectivity index (χ2v) is 7.92. The fourth-order valence-corrected chi connectivity index (χ4v) is 3.88. The SMILES string of the molecule is C[C@H](N[C@@H]1c2ccccc2C[C@@H]1C)c1ccc(S(N)(=O)=O)cc1. The summed E-state index contributed by atoms with van der Waals surface area (Å²) in [7, 11) is -3.64. The summed E-state index contributed by atoms with van der Waals surface area (Å²) in [5.74, 6) is 0.540. The van der Waals surface area contributed by atoms with Gasteiger partial charge in [-0.05, 0) is 48.1 Å². The summed E-state index contributed by atoms with van der Waals surface area (Å²) in [4.78, 5) is 0.146. The second-order valence-electron chi connectivity index (χ2n) is 6.36. The van der Waals surface area contributed by atoms with Crippen LogP contribution < -0.4 is 10.5 Å². The van der Waals surface area contributed by atoms with Gasteiger partial charge in [0, 0.05) is 12.1 Å². The number of fused-ring (bicyclic) bond motifs is 1. The minimum atomic E-state index is -3.64. The van der Waals surface area contributed by atoms with Crippen LogP contribution in [-0.4, -0.2) is 8.42 Å². The first kappa shape index (κ1) is 16.2. The Kier molecular flexibility index (Phi) is 4.27. The van der Waals surface area contributed by atoms with Gasteiger partial charge in [0.25, 0.3) is 0 Å². The summed E-state index contributed by atoms with van der Waals surface area (Å²) in [6.45, 7) is 4.36. The van der Waals surface area contributed by atoms with E-state index in [0.29, 0.717) is 12.0 Å². The van der Waals surface area contributed by atoms with Crippen LogP contribution in [0.25, 0.3) is 0 Å². The molecule has 3 rings (SSSR count). The monoisotopic (exact) mass is 330 g/mol. The smallest absolute Gasteiger partial charge is 0.238 e. The van der Waals surface area contributed by atoms with E-state index in [2.05, 4.69) is 43.4 Å². The fraction of sp³-hybridized carbons (Fsp3) is 0.333. The molecule has 23 heavy (non-hydrogen) atoms. The molecule has 0 heterocycles. The molecule has 0 amide bonds. The lowest BCUT2D eigenvalue weighted by molar-refractivity contribution is 0.379. The Bertz CT molecular complexity index is 800. The number of benzene rings is 2. The van der Waals surface area contributed by atoms with E-state index in [1.165, 1.54) is 11.1 Å². The van der Waals surface area contributed by atoms with E-state index in [0.717, 1.165) is 12.0 Å². The lowest BCUT2D eigenvalue weighted by Crippen LogP contribution is -2.27. The van der Waals surface area contributed by atoms with E-state index >= 15 is 0 Å². The van der Waals surface area contributed by atoms with E-state index in [4.69, 9.17) is 5.14 Å². The fourth-order valence-electron chi connectivity index (χ4n) is 3.36. The average molecular weight is 330 g/mol. The Morgan fingerprint density at radius 3 is 2.43 bits per heavy atom. The van der Waals surface area contributed by atoms with Gasteiger partial charge < -0.3 is 5.32 Å². The molecule has 3 atom stereocenters. The highest BCUT2D eigenvalue weighted by Gasteiger charge is 2.29. The number of nitrogens with two attached hydrogens (primary N) is 1. The molecule has 1 aliphatic carbocycles. The number of primary sulfonamides is 1. The zero-order chi connectivity index (χ0) is 16.6.